The number of hydrogen-bond acceptors (Lipinski definition) is 2. The summed E-state index contributed by atoms with van der Waals surface area (Å²) >= 11 is 0. The van der Waals surface area contributed by atoms with Gasteiger partial charge in [0.15, 0.2) is 0 Å². The molecule has 3 nitrogen and oxygen atoms in total. The minimum atomic E-state index is 0.171. The molecule has 1 rings (SSSR count). The van der Waals surface area contributed by atoms with Crippen molar-refractivity contribution in [2.24, 2.45) is 5.92 Å². The Morgan fingerprint density at radius 1 is 1.24 bits per heavy atom. The molecule has 1 aliphatic rings. The zero-order valence-electron chi connectivity index (χ0n) is 11.7. The van der Waals surface area contributed by atoms with Gasteiger partial charge in [-0.3, -0.25) is 4.79 Å². The van der Waals surface area contributed by atoms with Crippen molar-refractivity contribution in [1.29, 1.82) is 0 Å². The third-order valence-corrected chi connectivity index (χ3v) is 3.18. The average Bonchev–Trinajstić information content (AvgIpc) is 2.18. The number of rotatable bonds is 5. The van der Waals surface area contributed by atoms with Gasteiger partial charge in [-0.25, -0.2) is 0 Å². The van der Waals surface area contributed by atoms with Gasteiger partial charge in [0.25, 0.3) is 0 Å². The molecule has 100 valence electrons. The Morgan fingerprint density at radius 3 is 2.47 bits per heavy atom. The molecule has 2 atom stereocenters. The number of ether oxygens (including phenoxy) is 1. The molecular formula is C14H27NO2. The van der Waals surface area contributed by atoms with Gasteiger partial charge in [0, 0.05) is 12.5 Å². The summed E-state index contributed by atoms with van der Waals surface area (Å²) < 4.78 is 5.93. The highest BCUT2D eigenvalue weighted by Crippen LogP contribution is 2.30. The summed E-state index contributed by atoms with van der Waals surface area (Å²) in [6.07, 6.45) is 5.86. The van der Waals surface area contributed by atoms with Crippen molar-refractivity contribution < 1.29 is 9.53 Å². The van der Waals surface area contributed by atoms with Crippen molar-refractivity contribution in [3.05, 3.63) is 0 Å². The van der Waals surface area contributed by atoms with Crippen LogP contribution in [0.1, 0.15) is 59.8 Å². The van der Waals surface area contributed by atoms with Gasteiger partial charge in [0.1, 0.15) is 0 Å². The second-order valence-corrected chi connectivity index (χ2v) is 5.69. The Balaban J connectivity index is 2.44. The molecule has 0 heterocycles. The molecule has 1 saturated carbocycles. The summed E-state index contributed by atoms with van der Waals surface area (Å²) in [5.41, 5.74) is 0. The lowest BCUT2D eigenvalue weighted by Gasteiger charge is -2.32. The van der Waals surface area contributed by atoms with Gasteiger partial charge in [-0.2, -0.15) is 0 Å². The molecule has 0 radical (unpaired) electrons. The van der Waals surface area contributed by atoms with Crippen molar-refractivity contribution in [1.82, 2.24) is 5.32 Å². The van der Waals surface area contributed by atoms with E-state index >= 15 is 0 Å². The molecular weight excluding hydrogens is 214 g/mol. The summed E-state index contributed by atoms with van der Waals surface area (Å²) in [4.78, 5) is 11.8. The lowest BCUT2D eigenvalue weighted by atomic mass is 9.84. The molecule has 17 heavy (non-hydrogen) atoms. The highest BCUT2D eigenvalue weighted by atomic mass is 16.5. The molecule has 1 fully saturated rings. The maximum Gasteiger partial charge on any atom is 0.220 e. The van der Waals surface area contributed by atoms with Gasteiger partial charge >= 0.3 is 0 Å². The van der Waals surface area contributed by atoms with Crippen molar-refractivity contribution in [2.75, 3.05) is 0 Å². The Kier molecular flexibility index (Phi) is 5.96. The fourth-order valence-corrected chi connectivity index (χ4v) is 2.55. The van der Waals surface area contributed by atoms with Crippen LogP contribution in [0.3, 0.4) is 0 Å². The van der Waals surface area contributed by atoms with Gasteiger partial charge in [-0.05, 0) is 46.5 Å². The summed E-state index contributed by atoms with van der Waals surface area (Å²) in [5, 5.41) is 2.97. The van der Waals surface area contributed by atoms with E-state index in [0.29, 0.717) is 12.3 Å². The van der Waals surface area contributed by atoms with E-state index in [1.54, 1.807) is 0 Å². The van der Waals surface area contributed by atoms with Crippen LogP contribution >= 0.6 is 0 Å². The number of nitrogens with one attached hydrogen (secondary N) is 1. The predicted octanol–water partition coefficient (Wildman–Crippen LogP) is 2.88. The fraction of sp³-hybridized carbons (Fsp3) is 0.929. The standard InChI is InChI=1S/C14H27NO2/c1-10(2)15-14(16)9-12-7-5-6-8-13(12)17-11(3)4/h10-13H,5-9H2,1-4H3,(H,15,16). The van der Waals surface area contributed by atoms with Gasteiger partial charge in [0.05, 0.1) is 12.2 Å². The monoisotopic (exact) mass is 241 g/mol. The van der Waals surface area contributed by atoms with Gasteiger partial charge in [-0.1, -0.05) is 12.8 Å². The first-order valence-corrected chi connectivity index (χ1v) is 6.94. The molecule has 3 heteroatoms. The van der Waals surface area contributed by atoms with E-state index in [4.69, 9.17) is 4.74 Å². The lowest BCUT2D eigenvalue weighted by molar-refractivity contribution is -0.125. The second-order valence-electron chi connectivity index (χ2n) is 5.69. The Hall–Kier alpha value is -0.570. The summed E-state index contributed by atoms with van der Waals surface area (Å²) in [7, 11) is 0. The number of carbonyl (C=O) groups excluding carboxylic acids is 1. The highest BCUT2D eigenvalue weighted by Gasteiger charge is 2.28. The van der Waals surface area contributed by atoms with E-state index in [2.05, 4.69) is 19.2 Å². The largest absolute Gasteiger partial charge is 0.375 e. The molecule has 0 aromatic heterocycles. The van der Waals surface area contributed by atoms with Crippen molar-refractivity contribution in [3.63, 3.8) is 0 Å². The molecule has 2 unspecified atom stereocenters. The summed E-state index contributed by atoms with van der Waals surface area (Å²) in [5.74, 6) is 0.578. The molecule has 0 spiro atoms. The van der Waals surface area contributed by atoms with Crippen LogP contribution in [0.15, 0.2) is 0 Å². The summed E-state index contributed by atoms with van der Waals surface area (Å²) in [6.45, 7) is 8.14. The van der Waals surface area contributed by atoms with Gasteiger partial charge in [0.2, 0.25) is 5.91 Å². The quantitative estimate of drug-likeness (QED) is 0.803. The van der Waals surface area contributed by atoms with Crippen LogP contribution in [-0.4, -0.2) is 24.2 Å². The molecule has 0 aromatic rings. The van der Waals surface area contributed by atoms with Crippen molar-refractivity contribution in [3.8, 4) is 0 Å². The molecule has 1 amide bonds. The van der Waals surface area contributed by atoms with E-state index in [0.717, 1.165) is 12.8 Å². The minimum absolute atomic E-state index is 0.171. The zero-order valence-corrected chi connectivity index (χ0v) is 11.7. The van der Waals surface area contributed by atoms with Crippen LogP contribution in [0.2, 0.25) is 0 Å². The van der Waals surface area contributed by atoms with Crippen molar-refractivity contribution >= 4 is 5.91 Å². The molecule has 0 saturated heterocycles. The second kappa shape index (κ2) is 7.00. The van der Waals surface area contributed by atoms with Crippen LogP contribution in [0.5, 0.6) is 0 Å². The Labute approximate surface area is 105 Å². The SMILES string of the molecule is CC(C)NC(=O)CC1CCCCC1OC(C)C. The van der Waals surface area contributed by atoms with Gasteiger partial charge in [-0.15, -0.1) is 0 Å². The maximum absolute atomic E-state index is 11.8. The fourth-order valence-electron chi connectivity index (χ4n) is 2.55. The van der Waals surface area contributed by atoms with E-state index in [9.17, 15) is 4.79 Å². The minimum Gasteiger partial charge on any atom is -0.375 e. The highest BCUT2D eigenvalue weighted by molar-refractivity contribution is 5.76. The maximum atomic E-state index is 11.8. The van der Waals surface area contributed by atoms with Crippen LogP contribution in [0.25, 0.3) is 0 Å². The Bertz CT molecular complexity index is 238. The number of amides is 1. The topological polar surface area (TPSA) is 38.3 Å². The van der Waals surface area contributed by atoms with Crippen LogP contribution in [0.4, 0.5) is 0 Å². The van der Waals surface area contributed by atoms with Crippen LogP contribution < -0.4 is 5.32 Å². The van der Waals surface area contributed by atoms with E-state index in [1.807, 2.05) is 13.8 Å². The van der Waals surface area contributed by atoms with Crippen LogP contribution in [0, 0.1) is 5.92 Å². The number of carbonyl (C=O) groups is 1. The third kappa shape index (κ3) is 5.53. The number of hydrogen-bond donors (Lipinski definition) is 1. The zero-order chi connectivity index (χ0) is 12.8. The van der Waals surface area contributed by atoms with E-state index in [1.165, 1.54) is 12.8 Å². The molecule has 1 aliphatic carbocycles. The lowest BCUT2D eigenvalue weighted by Crippen LogP contribution is -2.37. The van der Waals surface area contributed by atoms with Crippen molar-refractivity contribution in [2.45, 2.75) is 78.0 Å². The predicted molar refractivity (Wildman–Crippen MR) is 69.9 cm³/mol. The first-order chi connectivity index (χ1) is 7.99. The first kappa shape index (κ1) is 14.5. The Morgan fingerprint density at radius 2 is 1.88 bits per heavy atom. The average molecular weight is 241 g/mol. The molecule has 1 N–H and O–H groups in total. The third-order valence-electron chi connectivity index (χ3n) is 3.18. The van der Waals surface area contributed by atoms with E-state index < -0.39 is 0 Å². The van der Waals surface area contributed by atoms with E-state index in [-0.39, 0.29) is 24.2 Å². The summed E-state index contributed by atoms with van der Waals surface area (Å²) in [6, 6.07) is 0.232. The molecule has 0 aromatic carbocycles. The normalized spacial score (nSPS) is 25.3. The van der Waals surface area contributed by atoms with Crippen LogP contribution in [-0.2, 0) is 9.53 Å². The molecule has 0 bridgehead atoms. The smallest absolute Gasteiger partial charge is 0.220 e. The first-order valence-electron chi connectivity index (χ1n) is 6.94. The van der Waals surface area contributed by atoms with Gasteiger partial charge < -0.3 is 10.1 Å². The molecule has 0 aliphatic heterocycles.